The van der Waals surface area contributed by atoms with Gasteiger partial charge >= 0.3 is 6.09 Å². The van der Waals surface area contributed by atoms with Crippen LogP contribution in [-0.4, -0.2) is 69.0 Å². The second-order valence-electron chi connectivity index (χ2n) is 11.9. The van der Waals surface area contributed by atoms with Crippen molar-refractivity contribution in [2.24, 2.45) is 0 Å². The summed E-state index contributed by atoms with van der Waals surface area (Å²) in [6, 6.07) is 3.88. The van der Waals surface area contributed by atoms with E-state index in [1.54, 1.807) is 33.9 Å². The zero-order chi connectivity index (χ0) is 30.4. The summed E-state index contributed by atoms with van der Waals surface area (Å²) in [7, 11) is 3.13. The molecule has 2 N–H and O–H groups in total. The first-order valence-corrected chi connectivity index (χ1v) is 13.8. The number of alkyl halides is 2. The number of ether oxygens (including phenoxy) is 2. The quantitative estimate of drug-likeness (QED) is 0.419. The Balaban J connectivity index is 1.51. The van der Waals surface area contributed by atoms with E-state index in [9.17, 15) is 23.2 Å². The molecule has 0 bridgehead atoms. The summed E-state index contributed by atoms with van der Waals surface area (Å²) in [5, 5.41) is 10.3. The predicted molar refractivity (Wildman–Crippen MR) is 151 cm³/mol. The standard InChI is InChI=1S/C28H35F2N7O5/c1-27(2,3)42-26(40)35(4)22-12-21(33-20-7-6-10-36(25(20)39)17-13-28(29,30)14-17)34-23-19(15-31-37(22)23)24(38)32-16-8-9-18(11-16)41-5/h6-7,10,12,15-18H,8-9,11,13-14H2,1-5H3,(H,32,38)(H,33,34)/t16-,18-/m1/s1. The zero-order valence-electron chi connectivity index (χ0n) is 24.2. The molecule has 0 unspecified atom stereocenters. The third-order valence-corrected chi connectivity index (χ3v) is 7.46. The molecule has 14 heteroatoms. The van der Waals surface area contributed by atoms with Crippen LogP contribution >= 0.6 is 0 Å². The number of hydrogen-bond donors (Lipinski definition) is 2. The van der Waals surface area contributed by atoms with Crippen molar-refractivity contribution in [3.8, 4) is 0 Å². The summed E-state index contributed by atoms with van der Waals surface area (Å²) in [5.41, 5.74) is -0.873. The molecule has 12 nitrogen and oxygen atoms in total. The number of hydrogen-bond acceptors (Lipinski definition) is 8. The second-order valence-corrected chi connectivity index (χ2v) is 11.9. The third-order valence-electron chi connectivity index (χ3n) is 7.46. The van der Waals surface area contributed by atoms with E-state index in [0.717, 1.165) is 12.8 Å². The van der Waals surface area contributed by atoms with Crippen LogP contribution in [0, 0.1) is 0 Å². The van der Waals surface area contributed by atoms with E-state index in [4.69, 9.17) is 9.47 Å². The van der Waals surface area contributed by atoms with Gasteiger partial charge < -0.3 is 24.7 Å². The van der Waals surface area contributed by atoms with E-state index in [2.05, 4.69) is 20.7 Å². The molecule has 2 aliphatic carbocycles. The van der Waals surface area contributed by atoms with Gasteiger partial charge in [0.1, 0.15) is 28.5 Å². The van der Waals surface area contributed by atoms with Gasteiger partial charge in [0, 0.05) is 51.3 Å². The Morgan fingerprint density at radius 1 is 1.21 bits per heavy atom. The molecular formula is C28H35F2N7O5. The summed E-state index contributed by atoms with van der Waals surface area (Å²) in [5.74, 6) is -2.83. The Bertz CT molecular complexity index is 1560. The first-order chi connectivity index (χ1) is 19.7. The molecule has 0 spiro atoms. The number of rotatable bonds is 7. The van der Waals surface area contributed by atoms with Gasteiger partial charge in [0.15, 0.2) is 5.65 Å². The number of nitrogens with one attached hydrogen (secondary N) is 2. The lowest BCUT2D eigenvalue weighted by Crippen LogP contribution is -2.41. The van der Waals surface area contributed by atoms with Crippen molar-refractivity contribution < 1.29 is 27.8 Å². The maximum atomic E-state index is 13.5. The number of nitrogens with zero attached hydrogens (tertiary/aromatic N) is 5. The van der Waals surface area contributed by atoms with Crippen LogP contribution in [0.15, 0.2) is 35.4 Å². The number of pyridine rings is 1. The normalized spacial score (nSPS) is 20.3. The maximum Gasteiger partial charge on any atom is 0.415 e. The van der Waals surface area contributed by atoms with Crippen LogP contribution in [0.2, 0.25) is 0 Å². The Morgan fingerprint density at radius 3 is 2.60 bits per heavy atom. The van der Waals surface area contributed by atoms with Crippen molar-refractivity contribution in [1.82, 2.24) is 24.5 Å². The van der Waals surface area contributed by atoms with Crippen molar-refractivity contribution in [3.63, 3.8) is 0 Å². The van der Waals surface area contributed by atoms with Gasteiger partial charge in [0.25, 0.3) is 17.4 Å². The third kappa shape index (κ3) is 6.08. The Kier molecular flexibility index (Phi) is 7.68. The van der Waals surface area contributed by atoms with Gasteiger partial charge in [-0.1, -0.05) is 0 Å². The summed E-state index contributed by atoms with van der Waals surface area (Å²) >= 11 is 0. The lowest BCUT2D eigenvalue weighted by atomic mass is 9.88. The van der Waals surface area contributed by atoms with Gasteiger partial charge in [-0.15, -0.1) is 0 Å². The molecule has 42 heavy (non-hydrogen) atoms. The molecule has 3 aromatic heterocycles. The highest BCUT2D eigenvalue weighted by Crippen LogP contribution is 2.44. The number of anilines is 3. The minimum Gasteiger partial charge on any atom is -0.443 e. The van der Waals surface area contributed by atoms with Crippen molar-refractivity contribution in [2.45, 2.75) is 82.6 Å². The van der Waals surface area contributed by atoms with Gasteiger partial charge in [0.05, 0.1) is 12.3 Å². The second kappa shape index (κ2) is 11.0. The molecule has 2 saturated carbocycles. The zero-order valence-corrected chi connectivity index (χ0v) is 24.2. The molecule has 3 heterocycles. The van der Waals surface area contributed by atoms with Crippen molar-refractivity contribution in [2.75, 3.05) is 24.4 Å². The number of carbonyl (C=O) groups excluding carboxylic acids is 2. The van der Waals surface area contributed by atoms with Crippen LogP contribution in [-0.2, 0) is 9.47 Å². The SMILES string of the molecule is CO[C@@H]1CC[C@@H](NC(=O)c2cnn3c(N(C)C(=O)OC(C)(C)C)cc(Nc4cccn(C5CC(F)(F)C5)c4=O)nc23)C1. The van der Waals surface area contributed by atoms with Crippen molar-refractivity contribution in [3.05, 3.63) is 46.5 Å². The summed E-state index contributed by atoms with van der Waals surface area (Å²) in [4.78, 5) is 45.3. The van der Waals surface area contributed by atoms with Crippen LogP contribution in [0.1, 0.15) is 69.3 Å². The molecule has 226 valence electrons. The molecule has 0 aliphatic heterocycles. The van der Waals surface area contributed by atoms with E-state index >= 15 is 0 Å². The van der Waals surface area contributed by atoms with Gasteiger partial charge in [-0.05, 0) is 52.2 Å². The Labute approximate surface area is 241 Å². The summed E-state index contributed by atoms with van der Waals surface area (Å²) in [6.07, 6.45) is 3.70. The summed E-state index contributed by atoms with van der Waals surface area (Å²) in [6.45, 7) is 5.21. The molecule has 5 rings (SSSR count). The van der Waals surface area contributed by atoms with Crippen LogP contribution in [0.4, 0.5) is 30.9 Å². The lowest BCUT2D eigenvalue weighted by molar-refractivity contribution is -0.104. The number of amides is 2. The minimum atomic E-state index is -2.79. The summed E-state index contributed by atoms with van der Waals surface area (Å²) < 4.78 is 40.5. The van der Waals surface area contributed by atoms with E-state index in [0.29, 0.717) is 6.42 Å². The van der Waals surface area contributed by atoms with E-state index in [-0.39, 0.29) is 40.7 Å². The molecule has 3 aromatic rings. The van der Waals surface area contributed by atoms with Gasteiger partial charge in [-0.3, -0.25) is 14.5 Å². The van der Waals surface area contributed by atoms with E-state index in [1.807, 2.05) is 0 Å². The number of halogens is 2. The highest BCUT2D eigenvalue weighted by atomic mass is 19.3. The van der Waals surface area contributed by atoms with E-state index < -0.39 is 48.0 Å². The predicted octanol–water partition coefficient (Wildman–Crippen LogP) is 4.27. The molecule has 0 radical (unpaired) electrons. The number of aromatic nitrogens is 4. The smallest absolute Gasteiger partial charge is 0.415 e. The molecule has 2 atom stereocenters. The molecule has 2 fully saturated rings. The van der Waals surface area contributed by atoms with Gasteiger partial charge in [-0.25, -0.2) is 18.6 Å². The van der Waals surface area contributed by atoms with Gasteiger partial charge in [-0.2, -0.15) is 9.61 Å². The Morgan fingerprint density at radius 2 is 1.95 bits per heavy atom. The highest BCUT2D eigenvalue weighted by molar-refractivity contribution is 6.00. The molecule has 0 aromatic carbocycles. The largest absolute Gasteiger partial charge is 0.443 e. The number of fused-ring (bicyclic) bond motifs is 1. The number of carbonyl (C=O) groups is 2. The van der Waals surface area contributed by atoms with Crippen LogP contribution < -0.4 is 21.1 Å². The molecule has 2 aliphatic rings. The average Bonchev–Trinajstić information content (AvgIpc) is 3.53. The lowest BCUT2D eigenvalue weighted by Gasteiger charge is -2.36. The minimum absolute atomic E-state index is 0.0725. The highest BCUT2D eigenvalue weighted by Gasteiger charge is 2.46. The fourth-order valence-corrected chi connectivity index (χ4v) is 5.24. The maximum absolute atomic E-state index is 13.5. The monoisotopic (exact) mass is 587 g/mol. The fraction of sp³-hybridized carbons (Fsp3) is 0.536. The van der Waals surface area contributed by atoms with Crippen molar-refractivity contribution >= 4 is 35.0 Å². The molecule has 0 saturated heterocycles. The first kappa shape index (κ1) is 29.4. The Hall–Kier alpha value is -4.07. The van der Waals surface area contributed by atoms with Crippen LogP contribution in [0.3, 0.4) is 0 Å². The first-order valence-electron chi connectivity index (χ1n) is 13.8. The van der Waals surface area contributed by atoms with E-state index in [1.165, 1.54) is 45.6 Å². The molecular weight excluding hydrogens is 552 g/mol. The fourth-order valence-electron chi connectivity index (χ4n) is 5.24. The van der Waals surface area contributed by atoms with Crippen LogP contribution in [0.5, 0.6) is 0 Å². The average molecular weight is 588 g/mol. The number of methoxy groups -OCH3 is 1. The van der Waals surface area contributed by atoms with Crippen LogP contribution in [0.25, 0.3) is 5.65 Å². The molecule has 2 amide bonds. The van der Waals surface area contributed by atoms with Crippen molar-refractivity contribution in [1.29, 1.82) is 0 Å². The van der Waals surface area contributed by atoms with Gasteiger partial charge in [0.2, 0.25) is 0 Å². The topological polar surface area (TPSA) is 132 Å².